The van der Waals surface area contributed by atoms with Crippen molar-refractivity contribution in [2.75, 3.05) is 0 Å². The smallest absolute Gasteiger partial charge is 0.217 e. The van der Waals surface area contributed by atoms with Crippen molar-refractivity contribution in [3.63, 3.8) is 0 Å². The highest BCUT2D eigenvalue weighted by Gasteiger charge is 2.28. The van der Waals surface area contributed by atoms with Gasteiger partial charge in [-0.1, -0.05) is 35.4 Å². The summed E-state index contributed by atoms with van der Waals surface area (Å²) in [7, 11) is 0. The molecule has 2 atom stereocenters. The van der Waals surface area contributed by atoms with Gasteiger partial charge in [0.15, 0.2) is 0 Å². The van der Waals surface area contributed by atoms with Crippen molar-refractivity contribution in [1.82, 2.24) is 20.3 Å². The van der Waals surface area contributed by atoms with Gasteiger partial charge in [0.05, 0.1) is 11.2 Å². The molecule has 0 aliphatic heterocycles. The number of amides is 1. The molecule has 1 N–H and O–H groups in total. The summed E-state index contributed by atoms with van der Waals surface area (Å²) in [5.41, 5.74) is 0.754. The molecule has 0 spiro atoms. The Labute approximate surface area is 146 Å². The van der Waals surface area contributed by atoms with E-state index < -0.39 is 0 Å². The molecule has 0 unspecified atom stereocenters. The van der Waals surface area contributed by atoms with Gasteiger partial charge in [0.2, 0.25) is 5.91 Å². The standard InChI is InChI=1S/C17H21ClN4O2/c1-12(23)19-16-7-4-5-13(16)9-22-10-14(20-21-22)11-24-17-8-3-2-6-15(17)18/h2-3,6,8,10,13,16H,4-5,7,9,11H2,1H3,(H,19,23)/t13-,16-/m1/s1. The zero-order chi connectivity index (χ0) is 16.9. The van der Waals surface area contributed by atoms with E-state index in [1.165, 1.54) is 0 Å². The van der Waals surface area contributed by atoms with Gasteiger partial charge in [0.1, 0.15) is 18.1 Å². The molecule has 6 nitrogen and oxygen atoms in total. The predicted octanol–water partition coefficient (Wildman–Crippen LogP) is 2.82. The minimum Gasteiger partial charge on any atom is -0.486 e. The van der Waals surface area contributed by atoms with Crippen LogP contribution in [0, 0.1) is 5.92 Å². The van der Waals surface area contributed by atoms with Crippen molar-refractivity contribution in [1.29, 1.82) is 0 Å². The molecule has 1 aromatic heterocycles. The number of benzene rings is 1. The van der Waals surface area contributed by atoms with Crippen LogP contribution in [0.15, 0.2) is 30.5 Å². The van der Waals surface area contributed by atoms with E-state index in [4.69, 9.17) is 16.3 Å². The van der Waals surface area contributed by atoms with Gasteiger partial charge in [0.25, 0.3) is 0 Å². The molecule has 1 aliphatic carbocycles. The van der Waals surface area contributed by atoms with Crippen LogP contribution in [-0.2, 0) is 17.9 Å². The van der Waals surface area contributed by atoms with E-state index in [0.717, 1.165) is 31.5 Å². The van der Waals surface area contributed by atoms with E-state index in [2.05, 4.69) is 15.6 Å². The van der Waals surface area contributed by atoms with Crippen LogP contribution in [0.5, 0.6) is 5.75 Å². The SMILES string of the molecule is CC(=O)N[C@@H]1CCC[C@@H]1Cn1cc(COc2ccccc2Cl)nn1. The van der Waals surface area contributed by atoms with Crippen LogP contribution in [0.4, 0.5) is 0 Å². The third-order valence-corrected chi connectivity index (χ3v) is 4.58. The number of carbonyl (C=O) groups excluding carboxylic acids is 1. The number of rotatable bonds is 6. The molecule has 1 heterocycles. The van der Waals surface area contributed by atoms with Gasteiger partial charge in [-0.15, -0.1) is 5.10 Å². The average Bonchev–Trinajstić information content (AvgIpc) is 3.16. The number of ether oxygens (including phenoxy) is 1. The molecular formula is C17H21ClN4O2. The first kappa shape index (κ1) is 16.8. The van der Waals surface area contributed by atoms with Gasteiger partial charge in [-0.05, 0) is 30.9 Å². The topological polar surface area (TPSA) is 69.0 Å². The number of para-hydroxylation sites is 1. The fourth-order valence-electron chi connectivity index (χ4n) is 3.15. The zero-order valence-electron chi connectivity index (χ0n) is 13.6. The molecule has 128 valence electrons. The minimum absolute atomic E-state index is 0.0271. The molecule has 1 saturated carbocycles. The van der Waals surface area contributed by atoms with Crippen molar-refractivity contribution in [3.8, 4) is 5.75 Å². The van der Waals surface area contributed by atoms with Crippen molar-refractivity contribution < 1.29 is 9.53 Å². The van der Waals surface area contributed by atoms with Gasteiger partial charge < -0.3 is 10.1 Å². The van der Waals surface area contributed by atoms with Gasteiger partial charge in [-0.25, -0.2) is 0 Å². The molecule has 3 rings (SSSR count). The first-order valence-corrected chi connectivity index (χ1v) is 8.53. The van der Waals surface area contributed by atoms with Crippen LogP contribution < -0.4 is 10.1 Å². The Morgan fingerprint density at radius 1 is 1.42 bits per heavy atom. The van der Waals surface area contributed by atoms with E-state index in [0.29, 0.717) is 23.3 Å². The zero-order valence-corrected chi connectivity index (χ0v) is 14.4. The van der Waals surface area contributed by atoms with Crippen LogP contribution in [0.3, 0.4) is 0 Å². The maximum Gasteiger partial charge on any atom is 0.217 e. The van der Waals surface area contributed by atoms with E-state index in [1.54, 1.807) is 13.0 Å². The van der Waals surface area contributed by atoms with E-state index >= 15 is 0 Å². The summed E-state index contributed by atoms with van der Waals surface area (Å²) in [5, 5.41) is 11.9. The van der Waals surface area contributed by atoms with Crippen LogP contribution in [0.1, 0.15) is 31.9 Å². The van der Waals surface area contributed by atoms with E-state index in [1.807, 2.05) is 29.1 Å². The Morgan fingerprint density at radius 2 is 2.25 bits per heavy atom. The third-order valence-electron chi connectivity index (χ3n) is 4.27. The fourth-order valence-corrected chi connectivity index (χ4v) is 3.34. The summed E-state index contributed by atoms with van der Waals surface area (Å²) in [6.45, 7) is 2.64. The van der Waals surface area contributed by atoms with Crippen LogP contribution in [0.2, 0.25) is 5.02 Å². The number of nitrogens with one attached hydrogen (secondary N) is 1. The minimum atomic E-state index is 0.0271. The molecule has 1 fully saturated rings. The lowest BCUT2D eigenvalue weighted by Gasteiger charge is -2.19. The second-order valence-electron chi connectivity index (χ2n) is 6.15. The summed E-state index contributed by atoms with van der Waals surface area (Å²) in [5.74, 6) is 1.06. The Hall–Kier alpha value is -2.08. The van der Waals surface area contributed by atoms with Crippen LogP contribution in [0.25, 0.3) is 0 Å². The number of nitrogens with zero attached hydrogens (tertiary/aromatic N) is 3. The Morgan fingerprint density at radius 3 is 3.04 bits per heavy atom. The Balaban J connectivity index is 1.55. The Bertz CT molecular complexity index is 703. The second kappa shape index (κ2) is 7.66. The molecule has 1 aliphatic rings. The number of carbonyl (C=O) groups is 1. The number of hydrogen-bond donors (Lipinski definition) is 1. The lowest BCUT2D eigenvalue weighted by molar-refractivity contribution is -0.119. The highest BCUT2D eigenvalue weighted by molar-refractivity contribution is 6.32. The summed E-state index contributed by atoms with van der Waals surface area (Å²) < 4.78 is 7.50. The molecule has 1 aromatic carbocycles. The molecule has 2 aromatic rings. The Kier molecular flexibility index (Phi) is 5.35. The summed E-state index contributed by atoms with van der Waals surface area (Å²) >= 11 is 6.07. The molecule has 0 radical (unpaired) electrons. The van der Waals surface area contributed by atoms with Crippen LogP contribution >= 0.6 is 11.6 Å². The largest absolute Gasteiger partial charge is 0.486 e. The number of hydrogen-bond acceptors (Lipinski definition) is 4. The predicted molar refractivity (Wildman–Crippen MR) is 90.8 cm³/mol. The first-order valence-electron chi connectivity index (χ1n) is 8.15. The molecule has 1 amide bonds. The first-order chi connectivity index (χ1) is 11.6. The molecular weight excluding hydrogens is 328 g/mol. The normalized spacial score (nSPS) is 20.1. The average molecular weight is 349 g/mol. The van der Waals surface area contributed by atoms with Gasteiger partial charge in [-0.2, -0.15) is 0 Å². The summed E-state index contributed by atoms with van der Waals surface area (Å²) in [6, 6.07) is 7.58. The molecule has 24 heavy (non-hydrogen) atoms. The van der Waals surface area contributed by atoms with Crippen molar-refractivity contribution in [3.05, 3.63) is 41.2 Å². The van der Waals surface area contributed by atoms with Crippen molar-refractivity contribution in [2.45, 2.75) is 45.4 Å². The molecule has 7 heteroatoms. The number of halogens is 1. The monoisotopic (exact) mass is 348 g/mol. The van der Waals surface area contributed by atoms with Gasteiger partial charge >= 0.3 is 0 Å². The summed E-state index contributed by atoms with van der Waals surface area (Å²) in [4.78, 5) is 11.3. The van der Waals surface area contributed by atoms with E-state index in [9.17, 15) is 4.79 Å². The van der Waals surface area contributed by atoms with Crippen LogP contribution in [-0.4, -0.2) is 26.9 Å². The number of aromatic nitrogens is 3. The van der Waals surface area contributed by atoms with Gasteiger partial charge in [0, 0.05) is 19.5 Å². The molecule has 0 bridgehead atoms. The maximum atomic E-state index is 11.3. The van der Waals surface area contributed by atoms with E-state index in [-0.39, 0.29) is 11.9 Å². The van der Waals surface area contributed by atoms with Crippen molar-refractivity contribution >= 4 is 17.5 Å². The quantitative estimate of drug-likeness (QED) is 0.871. The van der Waals surface area contributed by atoms with Crippen molar-refractivity contribution in [2.24, 2.45) is 5.92 Å². The lowest BCUT2D eigenvalue weighted by Crippen LogP contribution is -2.37. The lowest BCUT2D eigenvalue weighted by atomic mass is 10.0. The molecule has 0 saturated heterocycles. The second-order valence-corrected chi connectivity index (χ2v) is 6.56. The summed E-state index contributed by atoms with van der Waals surface area (Å²) in [6.07, 6.45) is 5.14. The maximum absolute atomic E-state index is 11.3. The third kappa shape index (κ3) is 4.26. The highest BCUT2D eigenvalue weighted by Crippen LogP contribution is 2.27. The van der Waals surface area contributed by atoms with Gasteiger partial charge in [-0.3, -0.25) is 9.48 Å². The highest BCUT2D eigenvalue weighted by atomic mass is 35.5. The fraction of sp³-hybridized carbons (Fsp3) is 0.471.